The zero-order valence-electron chi connectivity index (χ0n) is 15.9. The molecule has 1 aliphatic rings. The van der Waals surface area contributed by atoms with E-state index in [9.17, 15) is 19.8 Å². The first-order valence-corrected chi connectivity index (χ1v) is 8.78. The summed E-state index contributed by atoms with van der Waals surface area (Å²) in [5.74, 6) is -1.44. The molecule has 1 aliphatic heterocycles. The lowest BCUT2D eigenvalue weighted by Gasteiger charge is -2.29. The summed E-state index contributed by atoms with van der Waals surface area (Å²) in [5, 5.41) is 20.5. The summed E-state index contributed by atoms with van der Waals surface area (Å²) in [4.78, 5) is 27.4. The number of aryl methyl sites for hydroxylation is 1. The van der Waals surface area contributed by atoms with Crippen LogP contribution < -0.4 is 4.90 Å². The first-order valence-electron chi connectivity index (χ1n) is 8.78. The van der Waals surface area contributed by atoms with Gasteiger partial charge >= 0.3 is 0 Å². The van der Waals surface area contributed by atoms with Crippen molar-refractivity contribution in [3.05, 3.63) is 71.0 Å². The van der Waals surface area contributed by atoms with Gasteiger partial charge in [0.25, 0.3) is 5.91 Å². The molecule has 2 N–H and O–H groups in total. The van der Waals surface area contributed by atoms with Crippen LogP contribution in [0, 0.1) is 12.3 Å². The van der Waals surface area contributed by atoms with Crippen LogP contribution in [0.4, 0.5) is 5.69 Å². The third kappa shape index (κ3) is 3.33. The van der Waals surface area contributed by atoms with Crippen molar-refractivity contribution in [3.8, 4) is 5.75 Å². The fourth-order valence-electron chi connectivity index (χ4n) is 3.30. The maximum Gasteiger partial charge on any atom is 0.294 e. The number of phenols is 1. The molecule has 2 aromatic rings. The number of anilines is 1. The van der Waals surface area contributed by atoms with E-state index in [0.29, 0.717) is 11.3 Å². The summed E-state index contributed by atoms with van der Waals surface area (Å²) in [6.45, 7) is 7.14. The Hall–Kier alpha value is -3.08. The Balaban J connectivity index is 2.23. The summed E-state index contributed by atoms with van der Waals surface area (Å²) in [6.07, 6.45) is 0. The molecule has 1 unspecified atom stereocenters. The summed E-state index contributed by atoms with van der Waals surface area (Å²) in [7, 11) is 0. The minimum absolute atomic E-state index is 0.0260. The van der Waals surface area contributed by atoms with E-state index >= 15 is 0 Å². The molecule has 0 aliphatic carbocycles. The molecule has 0 bridgehead atoms. The number of aliphatic hydroxyl groups is 1. The highest BCUT2D eigenvalue weighted by molar-refractivity contribution is 6.17. The number of benzene rings is 2. The van der Waals surface area contributed by atoms with Gasteiger partial charge in [0.05, 0.1) is 11.6 Å². The number of phenolic OH excluding ortho intramolecular Hbond substituents is 1. The van der Waals surface area contributed by atoms with E-state index in [1.165, 1.54) is 17.0 Å². The average Bonchev–Trinajstić information content (AvgIpc) is 2.85. The van der Waals surface area contributed by atoms with Crippen molar-refractivity contribution >= 4 is 17.4 Å². The molecule has 140 valence electrons. The third-order valence-electron chi connectivity index (χ3n) is 4.60. The van der Waals surface area contributed by atoms with Gasteiger partial charge in [-0.25, -0.2) is 0 Å². The van der Waals surface area contributed by atoms with E-state index in [4.69, 9.17) is 0 Å². The molecule has 2 aromatic carbocycles. The summed E-state index contributed by atoms with van der Waals surface area (Å²) >= 11 is 0. The van der Waals surface area contributed by atoms with Crippen LogP contribution in [0.15, 0.2) is 59.9 Å². The predicted octanol–water partition coefficient (Wildman–Crippen LogP) is 4.22. The molecule has 1 heterocycles. The Bertz CT molecular complexity index is 953. The molecular weight excluding hydrogens is 342 g/mol. The molecular formula is C22H23NO4. The van der Waals surface area contributed by atoms with Gasteiger partial charge in [-0.1, -0.05) is 45.0 Å². The number of carbonyl (C=O) groups excluding carboxylic acids is 2. The van der Waals surface area contributed by atoms with Crippen LogP contribution in [0.2, 0.25) is 0 Å². The lowest BCUT2D eigenvalue weighted by atomic mass is 9.82. The summed E-state index contributed by atoms with van der Waals surface area (Å²) in [6, 6.07) is 12.9. The van der Waals surface area contributed by atoms with Crippen LogP contribution >= 0.6 is 0 Å². The van der Waals surface area contributed by atoms with Crippen LogP contribution in [0.25, 0.3) is 0 Å². The normalized spacial score (nSPS) is 17.6. The van der Waals surface area contributed by atoms with E-state index in [1.807, 2.05) is 25.1 Å². The van der Waals surface area contributed by atoms with Crippen LogP contribution in [-0.4, -0.2) is 21.9 Å². The maximum absolute atomic E-state index is 13.1. The lowest BCUT2D eigenvalue weighted by molar-refractivity contribution is -0.123. The van der Waals surface area contributed by atoms with Gasteiger partial charge in [-0.15, -0.1) is 0 Å². The molecule has 5 heteroatoms. The van der Waals surface area contributed by atoms with Crippen LogP contribution in [0.3, 0.4) is 0 Å². The Labute approximate surface area is 158 Å². The summed E-state index contributed by atoms with van der Waals surface area (Å²) < 4.78 is 0. The number of rotatable bonds is 3. The first-order chi connectivity index (χ1) is 12.6. The highest BCUT2D eigenvalue weighted by atomic mass is 16.3. The molecule has 27 heavy (non-hydrogen) atoms. The van der Waals surface area contributed by atoms with E-state index in [2.05, 4.69) is 0 Å². The molecule has 1 amide bonds. The first kappa shape index (κ1) is 18.7. The van der Waals surface area contributed by atoms with Gasteiger partial charge in [-0.2, -0.15) is 0 Å². The van der Waals surface area contributed by atoms with Gasteiger partial charge in [0.1, 0.15) is 5.75 Å². The minimum atomic E-state index is -0.807. The maximum atomic E-state index is 13.1. The molecule has 0 spiro atoms. The van der Waals surface area contributed by atoms with Crippen molar-refractivity contribution in [2.24, 2.45) is 5.41 Å². The van der Waals surface area contributed by atoms with E-state index in [0.717, 1.165) is 5.56 Å². The van der Waals surface area contributed by atoms with Gasteiger partial charge in [0.2, 0.25) is 0 Å². The Morgan fingerprint density at radius 2 is 1.70 bits per heavy atom. The van der Waals surface area contributed by atoms with Crippen molar-refractivity contribution in [1.82, 2.24) is 0 Å². The number of nitrogens with zero attached hydrogens (tertiary/aromatic N) is 1. The molecule has 0 fully saturated rings. The standard InChI is InChI=1S/C22H23NO4/c1-13-7-5-9-15(11-13)23-18(14-8-6-10-16(24)12-14)17(19(25)21(23)27)20(26)22(2,3)4/h5-12,18,24-25H,1-4H3. The second-order valence-electron chi connectivity index (χ2n) is 7.85. The fourth-order valence-corrected chi connectivity index (χ4v) is 3.30. The lowest BCUT2D eigenvalue weighted by Crippen LogP contribution is -2.32. The molecule has 0 radical (unpaired) electrons. The number of hydrogen-bond donors (Lipinski definition) is 2. The van der Waals surface area contributed by atoms with Crippen LogP contribution in [0.1, 0.15) is 37.9 Å². The quantitative estimate of drug-likeness (QED) is 0.854. The summed E-state index contributed by atoms with van der Waals surface area (Å²) in [5.41, 5.74) is 1.36. The molecule has 3 rings (SSSR count). The number of aromatic hydroxyl groups is 1. The smallest absolute Gasteiger partial charge is 0.294 e. The molecule has 0 aromatic heterocycles. The Kier molecular flexibility index (Phi) is 4.56. The van der Waals surface area contributed by atoms with Gasteiger partial charge < -0.3 is 10.2 Å². The fraction of sp³-hybridized carbons (Fsp3) is 0.273. The second-order valence-corrected chi connectivity index (χ2v) is 7.85. The molecule has 0 saturated heterocycles. The molecule has 5 nitrogen and oxygen atoms in total. The number of carbonyl (C=O) groups is 2. The van der Waals surface area contributed by atoms with Gasteiger partial charge in [0, 0.05) is 11.1 Å². The van der Waals surface area contributed by atoms with Crippen molar-refractivity contribution in [3.63, 3.8) is 0 Å². The number of Topliss-reactive ketones (excluding diaryl/α,β-unsaturated/α-hetero) is 1. The average molecular weight is 365 g/mol. The van der Waals surface area contributed by atoms with Crippen molar-refractivity contribution in [2.75, 3.05) is 4.90 Å². The van der Waals surface area contributed by atoms with E-state index in [-0.39, 0.29) is 17.1 Å². The minimum Gasteiger partial charge on any atom is -0.508 e. The topological polar surface area (TPSA) is 77.8 Å². The molecule has 1 atom stereocenters. The predicted molar refractivity (Wildman–Crippen MR) is 104 cm³/mol. The van der Waals surface area contributed by atoms with Crippen LogP contribution in [-0.2, 0) is 9.59 Å². The zero-order valence-corrected chi connectivity index (χ0v) is 15.9. The largest absolute Gasteiger partial charge is 0.508 e. The van der Waals surface area contributed by atoms with Gasteiger partial charge in [-0.05, 0) is 42.3 Å². The Morgan fingerprint density at radius 3 is 2.30 bits per heavy atom. The second kappa shape index (κ2) is 6.58. The molecule has 0 saturated carbocycles. The Morgan fingerprint density at radius 1 is 1.04 bits per heavy atom. The van der Waals surface area contributed by atoms with Crippen LogP contribution in [0.5, 0.6) is 5.75 Å². The number of ketones is 1. The van der Waals surface area contributed by atoms with Gasteiger partial charge in [0.15, 0.2) is 11.5 Å². The number of hydrogen-bond acceptors (Lipinski definition) is 4. The van der Waals surface area contributed by atoms with Crippen molar-refractivity contribution in [1.29, 1.82) is 0 Å². The number of aliphatic hydroxyl groups excluding tert-OH is 1. The van der Waals surface area contributed by atoms with Crippen molar-refractivity contribution < 1.29 is 19.8 Å². The number of amides is 1. The van der Waals surface area contributed by atoms with E-state index in [1.54, 1.807) is 39.0 Å². The SMILES string of the molecule is Cc1cccc(N2C(=O)C(O)=C(C(=O)C(C)(C)C)C2c2cccc(O)c2)c1. The third-order valence-corrected chi connectivity index (χ3v) is 4.60. The van der Waals surface area contributed by atoms with Gasteiger partial charge in [-0.3, -0.25) is 14.5 Å². The van der Waals surface area contributed by atoms with E-state index < -0.39 is 23.1 Å². The monoisotopic (exact) mass is 365 g/mol. The van der Waals surface area contributed by atoms with Crippen molar-refractivity contribution in [2.45, 2.75) is 33.7 Å². The highest BCUT2D eigenvalue weighted by Gasteiger charge is 2.46. The zero-order chi connectivity index (χ0) is 19.9. The highest BCUT2D eigenvalue weighted by Crippen LogP contribution is 2.43.